The summed E-state index contributed by atoms with van der Waals surface area (Å²) < 4.78 is 2.32. The standard InChI is InChI=1S/C116H78N18/c1-3-91-94-69-87(111-124-103(77-36-16-5-17-37-77)120-104(125-111)78-38-18-6-19-39-78)61-67-100(94)134(116(91)132(2)115(85-52-32-13-33-53-85)119-102(118)76-34-14-4-15-35-76)101-64-58-86(75-56-54-74(73-117)55-57-75)68-95(101)93-72-90(62-63-92(93)114-130-109(83-48-28-11-29-49-83)123-110(131-114)84-50-30-12-31-51-84)133-98-65-59-88(112-126-105(79-40-20-7-21-41-79)121-106(127-112)80-42-22-8-23-43-80)70-96(98)97-71-89(60-66-99(97)133)113-128-107(81-44-24-9-25-45-81)122-108(129-113)82-46-26-10-27-47-82/h3-72,91,116,118H,1H2,2H3/b118-102?,119-115-. The van der Waals surface area contributed by atoms with Crippen LogP contribution < -0.4 is 4.90 Å². The Hall–Kier alpha value is -18.5. The number of aromatic nitrogens is 13. The summed E-state index contributed by atoms with van der Waals surface area (Å²) in [5.41, 5.74) is 19.7. The number of nitrogens with zero attached hydrogens (tertiary/aromatic N) is 17. The number of hydrogen-bond donors (Lipinski definition) is 1. The minimum absolute atomic E-state index is 0.0720. The summed E-state index contributed by atoms with van der Waals surface area (Å²) in [5, 5.41) is 22.1. The number of hydrogen-bond acceptors (Lipinski definition) is 15. The van der Waals surface area contributed by atoms with E-state index in [0.717, 1.165) is 133 Å². The Morgan fingerprint density at radius 1 is 0.313 bits per heavy atom. The van der Waals surface area contributed by atoms with Gasteiger partial charge in [-0.1, -0.05) is 328 Å². The van der Waals surface area contributed by atoms with Crippen LogP contribution in [0.5, 0.6) is 0 Å². The molecule has 22 rings (SSSR count). The van der Waals surface area contributed by atoms with Crippen LogP contribution in [0.15, 0.2) is 436 Å². The van der Waals surface area contributed by atoms with Crippen molar-refractivity contribution in [1.82, 2.24) is 69.3 Å². The molecule has 18 nitrogen and oxygen atoms in total. The van der Waals surface area contributed by atoms with Crippen molar-refractivity contribution < 1.29 is 0 Å². The number of rotatable bonds is 20. The van der Waals surface area contributed by atoms with Crippen LogP contribution >= 0.6 is 0 Å². The lowest BCUT2D eigenvalue weighted by molar-refractivity contribution is 0.360. The van der Waals surface area contributed by atoms with Gasteiger partial charge in [-0.2, -0.15) is 5.26 Å². The van der Waals surface area contributed by atoms with Crippen molar-refractivity contribution in [2.24, 2.45) is 4.99 Å². The predicted octanol–water partition coefficient (Wildman–Crippen LogP) is 25.9. The molecule has 0 aliphatic carbocycles. The van der Waals surface area contributed by atoms with Crippen molar-refractivity contribution in [2.75, 3.05) is 11.9 Å². The molecule has 2 unspecified atom stereocenters. The van der Waals surface area contributed by atoms with E-state index >= 15 is 0 Å². The summed E-state index contributed by atoms with van der Waals surface area (Å²) in [6.45, 7) is 4.78. The fourth-order valence-electron chi connectivity index (χ4n) is 17.7. The highest BCUT2D eigenvalue weighted by atomic mass is 15.4. The lowest BCUT2D eigenvalue weighted by atomic mass is 9.92. The van der Waals surface area contributed by atoms with E-state index < -0.39 is 12.1 Å². The van der Waals surface area contributed by atoms with E-state index in [1.165, 1.54) is 0 Å². The number of benzene rings is 16. The highest BCUT2D eigenvalue weighted by Gasteiger charge is 2.44. The average Bonchev–Trinajstić information content (AvgIpc) is 1.57. The molecule has 0 bridgehead atoms. The Morgan fingerprint density at radius 3 is 1.01 bits per heavy atom. The molecule has 1 aliphatic heterocycles. The SMILES string of the molecule is C=CC1c2cc(-c3nc(-c4ccccc4)nc(-c4ccccc4)n3)ccc2N(c2ccc(-c3ccc(C#N)cc3)cc2-c2cc(-n3c4ccc(-c5nc(-c6ccccc6)nc(-c6ccccc6)n5)cc4c4cc(-c5nc(-c6ccccc6)nc(-c6ccccc6)n5)ccc43)ccc2-c2nc(-c3ccccc3)nc(-c3ccccc3)n2)C1N(C)/C(=N\C(=N)c1ccccc1)c1ccccc1. The lowest BCUT2D eigenvalue weighted by Gasteiger charge is -2.39. The predicted molar refractivity (Wildman–Crippen MR) is 534 cm³/mol. The molecule has 1 aliphatic rings. The molecule has 0 fully saturated rings. The number of anilines is 2. The number of nitriles is 1. The van der Waals surface area contributed by atoms with Crippen LogP contribution in [0.1, 0.15) is 28.2 Å². The second-order valence-corrected chi connectivity index (χ2v) is 32.5. The quantitative estimate of drug-likeness (QED) is 0.0425. The fraction of sp³-hybridized carbons (Fsp3) is 0.0259. The molecule has 134 heavy (non-hydrogen) atoms. The van der Waals surface area contributed by atoms with Crippen LogP contribution in [0, 0.1) is 16.7 Å². The van der Waals surface area contributed by atoms with Crippen molar-refractivity contribution in [3.8, 4) is 171 Å². The van der Waals surface area contributed by atoms with E-state index in [0.29, 0.717) is 92.4 Å². The molecule has 0 radical (unpaired) electrons. The normalized spacial score (nSPS) is 12.9. The lowest BCUT2D eigenvalue weighted by Crippen LogP contribution is -2.48. The zero-order valence-corrected chi connectivity index (χ0v) is 72.4. The smallest absolute Gasteiger partial charge is 0.164 e. The van der Waals surface area contributed by atoms with Crippen LogP contribution in [0.4, 0.5) is 11.4 Å². The number of nitrogens with one attached hydrogen (secondary N) is 1. The zero-order chi connectivity index (χ0) is 90.0. The van der Waals surface area contributed by atoms with E-state index in [1.807, 2.05) is 334 Å². The molecule has 18 heteroatoms. The molecule has 2 atom stereocenters. The van der Waals surface area contributed by atoms with E-state index in [-0.39, 0.29) is 5.84 Å². The molecule has 6 heterocycles. The second-order valence-electron chi connectivity index (χ2n) is 32.5. The highest BCUT2D eigenvalue weighted by molar-refractivity contribution is 6.13. The molecule has 0 saturated heterocycles. The van der Waals surface area contributed by atoms with Gasteiger partial charge in [0.25, 0.3) is 0 Å². The molecule has 0 saturated carbocycles. The molecule has 632 valence electrons. The Kier molecular flexibility index (Phi) is 21.6. The summed E-state index contributed by atoms with van der Waals surface area (Å²) in [4.78, 5) is 73.8. The Morgan fingerprint density at radius 2 is 0.634 bits per heavy atom. The highest BCUT2D eigenvalue weighted by Crippen LogP contribution is 2.53. The van der Waals surface area contributed by atoms with E-state index in [4.69, 9.17) is 71.4 Å². The maximum absolute atomic E-state index is 10.4. The summed E-state index contributed by atoms with van der Waals surface area (Å²) >= 11 is 0. The molecule has 5 aromatic heterocycles. The summed E-state index contributed by atoms with van der Waals surface area (Å²) in [7, 11) is 2.06. The van der Waals surface area contributed by atoms with Gasteiger partial charge in [-0.25, -0.2) is 64.8 Å². The van der Waals surface area contributed by atoms with Gasteiger partial charge in [0.2, 0.25) is 0 Å². The van der Waals surface area contributed by atoms with Crippen LogP contribution in [0.2, 0.25) is 0 Å². The first-order valence-electron chi connectivity index (χ1n) is 44.1. The Labute approximate surface area is 773 Å². The Balaban J connectivity index is 0.827. The van der Waals surface area contributed by atoms with Crippen LogP contribution in [-0.4, -0.2) is 94.2 Å². The number of amidine groups is 2. The largest absolute Gasteiger partial charge is 0.337 e. The van der Waals surface area contributed by atoms with Gasteiger partial charge in [0, 0.05) is 119 Å². The molecular weight excluding hydrogens is 1650 g/mol. The number of fused-ring (bicyclic) bond motifs is 4. The fourth-order valence-corrected chi connectivity index (χ4v) is 17.7. The van der Waals surface area contributed by atoms with Gasteiger partial charge in [0.05, 0.1) is 28.4 Å². The third-order valence-corrected chi connectivity index (χ3v) is 24.2. The molecule has 1 N–H and O–H groups in total. The first-order chi connectivity index (χ1) is 66.1. The molecule has 0 amide bonds. The van der Waals surface area contributed by atoms with Crippen LogP contribution in [-0.2, 0) is 0 Å². The molecule has 0 spiro atoms. The molecular formula is C116H78N18. The van der Waals surface area contributed by atoms with Crippen molar-refractivity contribution in [3.63, 3.8) is 0 Å². The van der Waals surface area contributed by atoms with Gasteiger partial charge >= 0.3 is 0 Å². The summed E-state index contributed by atoms with van der Waals surface area (Å²) in [6.07, 6.45) is 1.31. The summed E-state index contributed by atoms with van der Waals surface area (Å²) in [6, 6.07) is 142. The minimum Gasteiger partial charge on any atom is -0.337 e. The first-order valence-corrected chi connectivity index (χ1v) is 44.1. The van der Waals surface area contributed by atoms with E-state index in [1.54, 1.807) is 0 Å². The van der Waals surface area contributed by atoms with Gasteiger partial charge < -0.3 is 14.4 Å². The minimum atomic E-state index is -0.703. The monoisotopic (exact) mass is 1720 g/mol. The number of likely N-dealkylation sites (N-methyl/N-ethyl adjacent to an activating group) is 1. The third kappa shape index (κ3) is 15.9. The number of aliphatic imine (C=N–C) groups is 1. The van der Waals surface area contributed by atoms with Crippen LogP contribution in [0.3, 0.4) is 0 Å². The van der Waals surface area contributed by atoms with Crippen molar-refractivity contribution in [1.29, 1.82) is 10.7 Å². The second kappa shape index (κ2) is 35.6. The maximum atomic E-state index is 10.4. The topological polar surface area (TPSA) is 226 Å². The van der Waals surface area contributed by atoms with E-state index in [2.05, 4.69) is 118 Å². The van der Waals surface area contributed by atoms with Crippen molar-refractivity contribution in [3.05, 3.63) is 453 Å². The average molecular weight is 1720 g/mol. The molecule has 16 aromatic carbocycles. The van der Waals surface area contributed by atoms with Gasteiger partial charge in [-0.05, 0) is 119 Å². The van der Waals surface area contributed by atoms with Crippen molar-refractivity contribution >= 4 is 44.9 Å². The zero-order valence-electron chi connectivity index (χ0n) is 72.4. The maximum Gasteiger partial charge on any atom is 0.164 e. The van der Waals surface area contributed by atoms with Crippen LogP contribution in [0.25, 0.3) is 186 Å². The van der Waals surface area contributed by atoms with Gasteiger partial charge in [-0.15, -0.1) is 6.58 Å². The van der Waals surface area contributed by atoms with E-state index in [9.17, 15) is 10.7 Å². The first kappa shape index (κ1) is 81.3. The third-order valence-electron chi connectivity index (χ3n) is 24.2. The van der Waals surface area contributed by atoms with Gasteiger partial charge in [-0.3, -0.25) is 5.41 Å². The van der Waals surface area contributed by atoms with Crippen molar-refractivity contribution in [2.45, 2.75) is 12.1 Å². The van der Waals surface area contributed by atoms with Gasteiger partial charge in [0.1, 0.15) is 12.0 Å². The van der Waals surface area contributed by atoms with Gasteiger partial charge in [0.15, 0.2) is 75.7 Å². The Bertz CT molecular complexity index is 7680. The molecule has 21 aromatic rings. The summed E-state index contributed by atoms with van der Waals surface area (Å²) in [5.74, 6) is 6.03.